The van der Waals surface area contributed by atoms with Crippen LogP contribution >= 0.6 is 0 Å². The molecule has 0 bridgehead atoms. The number of ether oxygens (including phenoxy) is 1. The van der Waals surface area contributed by atoms with Crippen molar-refractivity contribution in [3.8, 4) is 0 Å². The third kappa shape index (κ3) is 2.76. The van der Waals surface area contributed by atoms with Crippen molar-refractivity contribution in [3.05, 3.63) is 34.2 Å². The highest BCUT2D eigenvalue weighted by atomic mass is 16.5. The number of hydrogen-bond donors (Lipinski definition) is 0. The van der Waals surface area contributed by atoms with Crippen molar-refractivity contribution in [1.29, 1.82) is 0 Å². The van der Waals surface area contributed by atoms with E-state index in [1.54, 1.807) is 6.07 Å². The number of benzene rings is 1. The Morgan fingerprint density at radius 3 is 2.72 bits per heavy atom. The Bertz CT molecular complexity index is 414. The molecule has 98 valence electrons. The van der Waals surface area contributed by atoms with Gasteiger partial charge in [0, 0.05) is 19.1 Å². The highest BCUT2D eigenvalue weighted by molar-refractivity contribution is 5.45. The topological polar surface area (TPSA) is 41.9 Å². The van der Waals surface area contributed by atoms with Crippen LogP contribution in [0.3, 0.4) is 0 Å². The van der Waals surface area contributed by atoms with Gasteiger partial charge in [-0.2, -0.15) is 0 Å². The molecule has 1 unspecified atom stereocenters. The van der Waals surface area contributed by atoms with Crippen LogP contribution in [-0.2, 0) is 11.2 Å². The zero-order chi connectivity index (χ0) is 13.0. The van der Waals surface area contributed by atoms with Gasteiger partial charge in [0.1, 0.15) is 5.69 Å². The molecule has 0 saturated carbocycles. The maximum absolute atomic E-state index is 10.6. The summed E-state index contributed by atoms with van der Waals surface area (Å²) >= 11 is 0. The van der Waals surface area contributed by atoms with Gasteiger partial charge < -0.3 is 4.74 Å². The van der Waals surface area contributed by atoms with Crippen LogP contribution in [0.15, 0.2) is 23.4 Å². The molecular weight excluding hydrogens is 228 g/mol. The van der Waals surface area contributed by atoms with Gasteiger partial charge in [0.15, 0.2) is 0 Å². The summed E-state index contributed by atoms with van der Waals surface area (Å²) in [5.74, 6) is 0. The number of hydrogen-bond acceptors (Lipinski definition) is 4. The minimum Gasteiger partial charge on any atom is -0.379 e. The van der Waals surface area contributed by atoms with Gasteiger partial charge in [0.25, 0.3) is 0 Å². The lowest BCUT2D eigenvalue weighted by Gasteiger charge is -2.33. The normalized spacial score (nSPS) is 18.6. The van der Waals surface area contributed by atoms with Crippen molar-refractivity contribution in [2.24, 2.45) is 5.18 Å². The van der Waals surface area contributed by atoms with Crippen molar-refractivity contribution >= 4 is 5.69 Å². The molecule has 1 fully saturated rings. The summed E-state index contributed by atoms with van der Waals surface area (Å²) < 4.78 is 5.38. The Balaban J connectivity index is 2.22. The molecule has 0 aliphatic carbocycles. The molecule has 4 nitrogen and oxygen atoms in total. The van der Waals surface area contributed by atoms with Crippen molar-refractivity contribution in [1.82, 2.24) is 4.90 Å². The molecule has 0 amide bonds. The number of nitrogens with zero attached hydrogens (tertiary/aromatic N) is 2. The number of aryl methyl sites for hydroxylation is 1. The average molecular weight is 248 g/mol. The van der Waals surface area contributed by atoms with Crippen LogP contribution in [0.4, 0.5) is 5.69 Å². The van der Waals surface area contributed by atoms with Crippen LogP contribution in [0.1, 0.15) is 31.0 Å². The Kier molecular flexibility index (Phi) is 4.44. The molecule has 1 heterocycles. The van der Waals surface area contributed by atoms with Gasteiger partial charge in [0.2, 0.25) is 0 Å². The van der Waals surface area contributed by atoms with E-state index in [9.17, 15) is 4.91 Å². The molecule has 0 aromatic heterocycles. The first-order chi connectivity index (χ1) is 8.76. The highest BCUT2D eigenvalue weighted by Crippen LogP contribution is 2.28. The minimum atomic E-state index is 0.365. The van der Waals surface area contributed by atoms with Crippen molar-refractivity contribution in [3.63, 3.8) is 0 Å². The van der Waals surface area contributed by atoms with Crippen molar-refractivity contribution in [2.45, 2.75) is 26.3 Å². The van der Waals surface area contributed by atoms with E-state index in [1.165, 1.54) is 11.1 Å². The number of nitroso groups, excluding NO2 is 1. The minimum absolute atomic E-state index is 0.365. The molecule has 18 heavy (non-hydrogen) atoms. The van der Waals surface area contributed by atoms with Crippen LogP contribution < -0.4 is 0 Å². The molecule has 0 spiro atoms. The number of rotatable bonds is 4. The molecule has 1 aliphatic rings. The zero-order valence-corrected chi connectivity index (χ0v) is 11.1. The Hall–Kier alpha value is -1.26. The fourth-order valence-electron chi connectivity index (χ4n) is 2.52. The van der Waals surface area contributed by atoms with Crippen LogP contribution in [0.25, 0.3) is 0 Å². The first-order valence-electron chi connectivity index (χ1n) is 6.54. The lowest BCUT2D eigenvalue weighted by molar-refractivity contribution is 0.0197. The predicted octanol–water partition coefficient (Wildman–Crippen LogP) is 3.04. The van der Waals surface area contributed by atoms with Crippen LogP contribution in [0.2, 0.25) is 0 Å². The lowest BCUT2D eigenvalue weighted by atomic mass is 9.97. The monoisotopic (exact) mass is 248 g/mol. The summed E-state index contributed by atoms with van der Waals surface area (Å²) in [6.07, 6.45) is 0.924. The fraction of sp³-hybridized carbons (Fsp3) is 0.571. The summed E-state index contributed by atoms with van der Waals surface area (Å²) in [4.78, 5) is 13.0. The first-order valence-corrected chi connectivity index (χ1v) is 6.54. The smallest absolute Gasteiger partial charge is 0.108 e. The summed E-state index contributed by atoms with van der Waals surface area (Å²) in [5.41, 5.74) is 3.03. The van der Waals surface area contributed by atoms with E-state index in [0.717, 1.165) is 32.7 Å². The van der Waals surface area contributed by atoms with E-state index < -0.39 is 0 Å². The van der Waals surface area contributed by atoms with E-state index in [4.69, 9.17) is 4.74 Å². The van der Waals surface area contributed by atoms with Crippen molar-refractivity contribution < 1.29 is 4.74 Å². The van der Waals surface area contributed by atoms with E-state index in [2.05, 4.69) is 23.9 Å². The molecule has 1 atom stereocenters. The standard InChI is InChI=1S/C14H20N2O2/c1-3-12-10-13(15-17)4-5-14(12)11(2)16-6-8-18-9-7-16/h4-5,10-11H,3,6-9H2,1-2H3. The Morgan fingerprint density at radius 2 is 2.11 bits per heavy atom. The molecular formula is C14H20N2O2. The average Bonchev–Trinajstić information content (AvgIpc) is 2.46. The predicted molar refractivity (Wildman–Crippen MR) is 72.1 cm³/mol. The van der Waals surface area contributed by atoms with Gasteiger partial charge in [-0.3, -0.25) is 4.90 Å². The van der Waals surface area contributed by atoms with E-state index >= 15 is 0 Å². The van der Waals surface area contributed by atoms with E-state index in [-0.39, 0.29) is 0 Å². The summed E-state index contributed by atoms with van der Waals surface area (Å²) in [6, 6.07) is 6.11. The van der Waals surface area contributed by atoms with E-state index in [1.807, 2.05) is 12.1 Å². The van der Waals surface area contributed by atoms with Gasteiger partial charge in [-0.15, -0.1) is 4.91 Å². The molecule has 0 radical (unpaired) electrons. The van der Waals surface area contributed by atoms with Crippen LogP contribution in [0.5, 0.6) is 0 Å². The van der Waals surface area contributed by atoms with Crippen LogP contribution in [-0.4, -0.2) is 31.2 Å². The maximum atomic E-state index is 10.6. The van der Waals surface area contributed by atoms with Gasteiger partial charge in [-0.1, -0.05) is 13.0 Å². The van der Waals surface area contributed by atoms with E-state index in [0.29, 0.717) is 11.7 Å². The van der Waals surface area contributed by atoms with Crippen molar-refractivity contribution in [2.75, 3.05) is 26.3 Å². The first kappa shape index (κ1) is 13.2. The quantitative estimate of drug-likeness (QED) is 0.769. The fourth-order valence-corrected chi connectivity index (χ4v) is 2.52. The largest absolute Gasteiger partial charge is 0.379 e. The lowest BCUT2D eigenvalue weighted by Crippen LogP contribution is -2.38. The molecule has 1 saturated heterocycles. The Labute approximate surface area is 108 Å². The summed E-state index contributed by atoms with van der Waals surface area (Å²) in [7, 11) is 0. The molecule has 1 aromatic carbocycles. The Morgan fingerprint density at radius 1 is 1.39 bits per heavy atom. The van der Waals surface area contributed by atoms with Gasteiger partial charge in [-0.05, 0) is 41.8 Å². The van der Waals surface area contributed by atoms with Crippen LogP contribution in [0, 0.1) is 4.91 Å². The molecule has 1 aromatic rings. The third-order valence-electron chi connectivity index (χ3n) is 3.66. The highest BCUT2D eigenvalue weighted by Gasteiger charge is 2.20. The summed E-state index contributed by atoms with van der Waals surface area (Å²) in [5, 5.41) is 3.01. The summed E-state index contributed by atoms with van der Waals surface area (Å²) in [6.45, 7) is 7.88. The SMILES string of the molecule is CCc1cc(N=O)ccc1C(C)N1CCOCC1. The second kappa shape index (κ2) is 6.07. The van der Waals surface area contributed by atoms with Gasteiger partial charge in [0.05, 0.1) is 13.2 Å². The van der Waals surface area contributed by atoms with Gasteiger partial charge >= 0.3 is 0 Å². The molecule has 4 heteroatoms. The molecule has 1 aliphatic heterocycles. The second-order valence-electron chi connectivity index (χ2n) is 4.65. The zero-order valence-electron chi connectivity index (χ0n) is 11.1. The molecule has 0 N–H and O–H groups in total. The third-order valence-corrected chi connectivity index (χ3v) is 3.66. The second-order valence-corrected chi connectivity index (χ2v) is 4.65. The number of morpholine rings is 1. The molecule has 2 rings (SSSR count). The maximum Gasteiger partial charge on any atom is 0.108 e. The van der Waals surface area contributed by atoms with Gasteiger partial charge in [-0.25, -0.2) is 0 Å².